The number of ether oxygens (including phenoxy) is 4. The second-order valence-electron chi connectivity index (χ2n) is 9.51. The third kappa shape index (κ3) is 2.86. The second-order valence-corrected chi connectivity index (χ2v) is 9.51. The Balaban J connectivity index is 1.28. The van der Waals surface area contributed by atoms with E-state index in [2.05, 4.69) is 13.8 Å². The number of para-hydroxylation sites is 1. The molecule has 0 bridgehead atoms. The van der Waals surface area contributed by atoms with Crippen molar-refractivity contribution in [1.29, 1.82) is 0 Å². The van der Waals surface area contributed by atoms with E-state index in [1.165, 1.54) is 0 Å². The van der Waals surface area contributed by atoms with Gasteiger partial charge in [0.25, 0.3) is 0 Å². The van der Waals surface area contributed by atoms with Gasteiger partial charge in [-0.2, -0.15) is 0 Å². The van der Waals surface area contributed by atoms with Crippen molar-refractivity contribution in [1.82, 2.24) is 0 Å². The zero-order valence-electron chi connectivity index (χ0n) is 16.8. The topological polar surface area (TPSA) is 54.0 Å². The maximum absolute atomic E-state index is 11.9. The Morgan fingerprint density at radius 3 is 2.75 bits per heavy atom. The van der Waals surface area contributed by atoms with Gasteiger partial charge < -0.3 is 18.9 Å². The standard InChI is InChI=1S/C23H30O5/c1-22-11-10-19-23(2,18(22)9-8-17-16(22)12-20(24)27-17)14-26-21(28-19)13-25-15-6-4-3-5-7-15/h3-7,16-19,21H,8-14H2,1-2H3/t16-,17-,18-,19-,21-,22+,23-/m1/s1. The molecule has 0 spiro atoms. The van der Waals surface area contributed by atoms with Crippen molar-refractivity contribution >= 4 is 5.97 Å². The van der Waals surface area contributed by atoms with E-state index in [0.717, 1.165) is 31.4 Å². The molecule has 5 heteroatoms. The van der Waals surface area contributed by atoms with E-state index in [1.54, 1.807) is 0 Å². The van der Waals surface area contributed by atoms with Crippen molar-refractivity contribution in [2.45, 2.75) is 64.4 Å². The van der Waals surface area contributed by atoms with Gasteiger partial charge >= 0.3 is 5.97 Å². The van der Waals surface area contributed by atoms with Crippen molar-refractivity contribution in [3.8, 4) is 5.75 Å². The van der Waals surface area contributed by atoms with E-state index >= 15 is 0 Å². The van der Waals surface area contributed by atoms with E-state index in [9.17, 15) is 4.79 Å². The molecule has 2 saturated heterocycles. The van der Waals surface area contributed by atoms with Gasteiger partial charge in [0, 0.05) is 11.3 Å². The summed E-state index contributed by atoms with van der Waals surface area (Å²) in [5.74, 6) is 1.66. The lowest BCUT2D eigenvalue weighted by Gasteiger charge is -2.62. The maximum Gasteiger partial charge on any atom is 0.306 e. The van der Waals surface area contributed by atoms with Gasteiger partial charge in [-0.1, -0.05) is 32.0 Å². The molecule has 4 fully saturated rings. The van der Waals surface area contributed by atoms with Crippen molar-refractivity contribution < 1.29 is 23.7 Å². The molecular weight excluding hydrogens is 356 g/mol. The van der Waals surface area contributed by atoms with Crippen molar-refractivity contribution in [3.63, 3.8) is 0 Å². The van der Waals surface area contributed by atoms with Crippen LogP contribution in [0.2, 0.25) is 0 Å². The minimum absolute atomic E-state index is 0.0154. The first-order chi connectivity index (χ1) is 13.5. The van der Waals surface area contributed by atoms with Gasteiger partial charge in [0.15, 0.2) is 6.29 Å². The van der Waals surface area contributed by atoms with Crippen LogP contribution < -0.4 is 4.74 Å². The summed E-state index contributed by atoms with van der Waals surface area (Å²) in [7, 11) is 0. The van der Waals surface area contributed by atoms with E-state index < -0.39 is 0 Å². The average molecular weight is 386 g/mol. The normalized spacial score (nSPS) is 44.8. The number of esters is 1. The molecule has 0 unspecified atom stereocenters. The Kier molecular flexibility index (Phi) is 4.44. The van der Waals surface area contributed by atoms with Crippen LogP contribution in [0.1, 0.15) is 46.0 Å². The summed E-state index contributed by atoms with van der Waals surface area (Å²) in [6.07, 6.45) is 4.69. The largest absolute Gasteiger partial charge is 0.488 e. The van der Waals surface area contributed by atoms with Crippen LogP contribution in [0.15, 0.2) is 30.3 Å². The molecule has 0 N–H and O–H groups in total. The van der Waals surface area contributed by atoms with Gasteiger partial charge in [-0.05, 0) is 49.1 Å². The third-order valence-electron chi connectivity index (χ3n) is 8.00. The molecule has 2 aliphatic heterocycles. The predicted octanol–water partition coefficient (Wildman–Crippen LogP) is 3.96. The second kappa shape index (κ2) is 6.74. The van der Waals surface area contributed by atoms with Crippen LogP contribution in [-0.4, -0.2) is 37.7 Å². The van der Waals surface area contributed by atoms with Crippen LogP contribution in [0.5, 0.6) is 5.75 Å². The molecule has 5 nitrogen and oxygen atoms in total. The summed E-state index contributed by atoms with van der Waals surface area (Å²) in [5, 5.41) is 0. The number of fused-ring (bicyclic) bond motifs is 5. The molecule has 0 amide bonds. The zero-order valence-corrected chi connectivity index (χ0v) is 16.8. The third-order valence-corrected chi connectivity index (χ3v) is 8.00. The van der Waals surface area contributed by atoms with Gasteiger partial charge in [0.2, 0.25) is 0 Å². The lowest BCUT2D eigenvalue weighted by atomic mass is 9.46. The highest BCUT2D eigenvalue weighted by atomic mass is 16.7. The van der Waals surface area contributed by atoms with E-state index in [1.807, 2.05) is 30.3 Å². The highest BCUT2D eigenvalue weighted by molar-refractivity contribution is 5.72. The smallest absolute Gasteiger partial charge is 0.306 e. The number of hydrogen-bond acceptors (Lipinski definition) is 5. The Labute approximate surface area is 166 Å². The first-order valence-corrected chi connectivity index (χ1v) is 10.6. The monoisotopic (exact) mass is 386 g/mol. The molecule has 1 aromatic carbocycles. The van der Waals surface area contributed by atoms with Gasteiger partial charge in [-0.25, -0.2) is 0 Å². The molecule has 4 aliphatic rings. The Hall–Kier alpha value is -1.59. The van der Waals surface area contributed by atoms with Crippen LogP contribution >= 0.6 is 0 Å². The minimum atomic E-state index is -0.324. The molecular formula is C23H30O5. The maximum atomic E-state index is 11.9. The fourth-order valence-corrected chi connectivity index (χ4v) is 6.57. The number of rotatable bonds is 3. The van der Waals surface area contributed by atoms with Crippen molar-refractivity contribution in [2.24, 2.45) is 22.7 Å². The first kappa shape index (κ1) is 18.4. The minimum Gasteiger partial charge on any atom is -0.488 e. The van der Waals surface area contributed by atoms with E-state index in [4.69, 9.17) is 18.9 Å². The molecule has 5 rings (SSSR count). The van der Waals surface area contributed by atoms with E-state index in [0.29, 0.717) is 31.5 Å². The number of hydrogen-bond donors (Lipinski definition) is 0. The molecule has 2 saturated carbocycles. The highest BCUT2D eigenvalue weighted by Crippen LogP contribution is 2.63. The lowest BCUT2D eigenvalue weighted by Crippen LogP contribution is -2.62. The number of carbonyl (C=O) groups is 1. The molecule has 0 radical (unpaired) electrons. The van der Waals surface area contributed by atoms with Gasteiger partial charge in [0.05, 0.1) is 19.1 Å². The molecule has 152 valence electrons. The van der Waals surface area contributed by atoms with Crippen molar-refractivity contribution in [3.05, 3.63) is 30.3 Å². The molecule has 2 heterocycles. The predicted molar refractivity (Wildman–Crippen MR) is 103 cm³/mol. The van der Waals surface area contributed by atoms with Gasteiger partial charge in [-0.3, -0.25) is 4.79 Å². The highest BCUT2D eigenvalue weighted by Gasteiger charge is 2.63. The number of carbonyl (C=O) groups excluding carboxylic acids is 1. The fraction of sp³-hybridized carbons (Fsp3) is 0.696. The Morgan fingerprint density at radius 2 is 1.93 bits per heavy atom. The Morgan fingerprint density at radius 1 is 1.11 bits per heavy atom. The summed E-state index contributed by atoms with van der Waals surface area (Å²) >= 11 is 0. The quantitative estimate of drug-likeness (QED) is 0.736. The summed E-state index contributed by atoms with van der Waals surface area (Å²) in [6.45, 7) is 5.80. The van der Waals surface area contributed by atoms with Crippen LogP contribution in [0.4, 0.5) is 0 Å². The van der Waals surface area contributed by atoms with E-state index in [-0.39, 0.29) is 35.3 Å². The summed E-state index contributed by atoms with van der Waals surface area (Å²) in [4.78, 5) is 11.9. The molecule has 28 heavy (non-hydrogen) atoms. The van der Waals surface area contributed by atoms with Gasteiger partial charge in [-0.15, -0.1) is 0 Å². The molecule has 0 aromatic heterocycles. The lowest BCUT2D eigenvalue weighted by molar-refractivity contribution is -0.311. The first-order valence-electron chi connectivity index (χ1n) is 10.6. The van der Waals surface area contributed by atoms with Crippen LogP contribution in [0, 0.1) is 22.7 Å². The SMILES string of the molecule is C[C@@]12CC[C@H]3O[C@H](COc4ccccc4)OC[C@]3(C)[C@@H]1CC[C@H]1OC(=O)C[C@H]12. The zero-order chi connectivity index (χ0) is 19.4. The summed E-state index contributed by atoms with van der Waals surface area (Å²) < 4.78 is 24.0. The number of benzene rings is 1. The van der Waals surface area contributed by atoms with Crippen LogP contribution in [0.25, 0.3) is 0 Å². The summed E-state index contributed by atoms with van der Waals surface area (Å²) in [6, 6.07) is 9.79. The molecule has 7 atom stereocenters. The van der Waals surface area contributed by atoms with Crippen LogP contribution in [-0.2, 0) is 19.0 Å². The molecule has 2 aliphatic carbocycles. The Bertz CT molecular complexity index is 736. The average Bonchev–Trinajstić information content (AvgIpc) is 3.09. The van der Waals surface area contributed by atoms with Crippen LogP contribution in [0.3, 0.4) is 0 Å². The van der Waals surface area contributed by atoms with Gasteiger partial charge in [0.1, 0.15) is 18.5 Å². The summed E-state index contributed by atoms with van der Waals surface area (Å²) in [5.41, 5.74) is 0.104. The fourth-order valence-electron chi connectivity index (χ4n) is 6.57. The van der Waals surface area contributed by atoms with Crippen molar-refractivity contribution in [2.75, 3.05) is 13.2 Å². The molecule has 1 aromatic rings.